The van der Waals surface area contributed by atoms with Gasteiger partial charge in [0.05, 0.1) is 12.6 Å². The summed E-state index contributed by atoms with van der Waals surface area (Å²) in [6, 6.07) is 10.4. The van der Waals surface area contributed by atoms with Gasteiger partial charge in [0.1, 0.15) is 11.5 Å². The summed E-state index contributed by atoms with van der Waals surface area (Å²) in [4.78, 5) is 11.7. The Morgan fingerprint density at radius 1 is 1.25 bits per heavy atom. The largest absolute Gasteiger partial charge is 0.465 e. The number of rotatable bonds is 4. The number of aliphatic hydroxyl groups is 1. The zero-order chi connectivity index (χ0) is 14.5. The molecule has 1 aromatic carbocycles. The van der Waals surface area contributed by atoms with Gasteiger partial charge in [-0.1, -0.05) is 12.1 Å². The van der Waals surface area contributed by atoms with Crippen LogP contribution in [-0.4, -0.2) is 11.1 Å². The van der Waals surface area contributed by atoms with Crippen molar-refractivity contribution in [3.05, 3.63) is 53.5 Å². The van der Waals surface area contributed by atoms with Gasteiger partial charge in [-0.25, -0.2) is 4.79 Å². The molecular weight excluding hydrogens is 256 g/mol. The lowest BCUT2D eigenvalue weighted by atomic mass is 10.1. The molecule has 0 aliphatic carbocycles. The Bertz CT molecular complexity index is 573. The first-order valence-electron chi connectivity index (χ1n) is 6.43. The molecule has 20 heavy (non-hydrogen) atoms. The second kappa shape index (κ2) is 6.25. The number of nitrogens with one attached hydrogen (secondary N) is 2. The number of carbonyl (C=O) groups is 1. The lowest BCUT2D eigenvalue weighted by Crippen LogP contribution is -2.27. The minimum Gasteiger partial charge on any atom is -0.465 e. The molecule has 2 amide bonds. The van der Waals surface area contributed by atoms with Crippen molar-refractivity contribution in [3.8, 4) is 0 Å². The van der Waals surface area contributed by atoms with E-state index in [4.69, 9.17) is 4.42 Å². The van der Waals surface area contributed by atoms with Crippen LogP contribution < -0.4 is 10.6 Å². The van der Waals surface area contributed by atoms with Crippen molar-refractivity contribution in [2.24, 2.45) is 0 Å². The second-order valence-electron chi connectivity index (χ2n) is 4.62. The molecule has 0 radical (unpaired) electrons. The van der Waals surface area contributed by atoms with E-state index in [0.29, 0.717) is 18.0 Å². The molecule has 0 aliphatic rings. The van der Waals surface area contributed by atoms with E-state index >= 15 is 0 Å². The van der Waals surface area contributed by atoms with Gasteiger partial charge in [-0.15, -0.1) is 0 Å². The summed E-state index contributed by atoms with van der Waals surface area (Å²) >= 11 is 0. The third-order valence-electron chi connectivity index (χ3n) is 2.87. The van der Waals surface area contributed by atoms with Crippen molar-refractivity contribution in [1.82, 2.24) is 5.32 Å². The second-order valence-corrected chi connectivity index (χ2v) is 4.62. The average molecular weight is 274 g/mol. The van der Waals surface area contributed by atoms with E-state index in [-0.39, 0.29) is 6.03 Å². The van der Waals surface area contributed by atoms with Crippen LogP contribution in [0.15, 0.2) is 40.8 Å². The van der Waals surface area contributed by atoms with Crippen LogP contribution in [0.1, 0.15) is 30.1 Å². The third-order valence-corrected chi connectivity index (χ3v) is 2.87. The van der Waals surface area contributed by atoms with Crippen molar-refractivity contribution in [2.45, 2.75) is 26.5 Å². The predicted octanol–water partition coefficient (Wildman–Crippen LogP) is 2.96. The van der Waals surface area contributed by atoms with Crippen LogP contribution in [-0.2, 0) is 6.54 Å². The standard InChI is InChI=1S/C15H18N2O3/c1-10-3-8-14(20-10)9-16-15(19)17-13-6-4-12(5-7-13)11(2)18/h3-8,11,18H,9H2,1-2H3,(H2,16,17,19). The maximum Gasteiger partial charge on any atom is 0.319 e. The van der Waals surface area contributed by atoms with Gasteiger partial charge in [-0.3, -0.25) is 0 Å². The summed E-state index contributed by atoms with van der Waals surface area (Å²) in [5, 5.41) is 14.8. The fourth-order valence-electron chi connectivity index (χ4n) is 1.77. The fraction of sp³-hybridized carbons (Fsp3) is 0.267. The highest BCUT2D eigenvalue weighted by molar-refractivity contribution is 5.89. The molecule has 5 nitrogen and oxygen atoms in total. The van der Waals surface area contributed by atoms with Crippen LogP contribution in [0, 0.1) is 6.92 Å². The monoisotopic (exact) mass is 274 g/mol. The molecule has 3 N–H and O–H groups in total. The number of hydrogen-bond acceptors (Lipinski definition) is 3. The molecule has 2 aromatic rings. The van der Waals surface area contributed by atoms with Crippen molar-refractivity contribution in [3.63, 3.8) is 0 Å². The number of aliphatic hydroxyl groups excluding tert-OH is 1. The van der Waals surface area contributed by atoms with Crippen LogP contribution in [0.25, 0.3) is 0 Å². The topological polar surface area (TPSA) is 74.5 Å². The molecule has 0 fully saturated rings. The summed E-state index contributed by atoms with van der Waals surface area (Å²) in [6.45, 7) is 3.89. The van der Waals surface area contributed by atoms with Crippen LogP contribution in [0.2, 0.25) is 0 Å². The van der Waals surface area contributed by atoms with E-state index in [0.717, 1.165) is 11.3 Å². The van der Waals surface area contributed by atoms with E-state index in [9.17, 15) is 9.90 Å². The Kier molecular flexibility index (Phi) is 4.42. The number of urea groups is 1. The molecule has 2 rings (SSSR count). The van der Waals surface area contributed by atoms with Crippen molar-refractivity contribution < 1.29 is 14.3 Å². The summed E-state index contributed by atoms with van der Waals surface area (Å²) < 4.78 is 5.36. The molecular formula is C15H18N2O3. The number of carbonyl (C=O) groups excluding carboxylic acids is 1. The third kappa shape index (κ3) is 3.86. The van der Waals surface area contributed by atoms with Crippen LogP contribution in [0.4, 0.5) is 10.5 Å². The number of furan rings is 1. The quantitative estimate of drug-likeness (QED) is 0.802. The maximum atomic E-state index is 11.7. The Balaban J connectivity index is 1.84. The van der Waals surface area contributed by atoms with E-state index in [1.54, 1.807) is 31.2 Å². The Labute approximate surface area is 117 Å². The summed E-state index contributed by atoms with van der Waals surface area (Å²) in [5.41, 5.74) is 1.48. The molecule has 5 heteroatoms. The van der Waals surface area contributed by atoms with Gasteiger partial charge in [-0.2, -0.15) is 0 Å². The van der Waals surface area contributed by atoms with Gasteiger partial charge >= 0.3 is 6.03 Å². The molecule has 1 atom stereocenters. The van der Waals surface area contributed by atoms with E-state index in [1.807, 2.05) is 19.1 Å². The predicted molar refractivity (Wildman–Crippen MR) is 76.4 cm³/mol. The normalized spacial score (nSPS) is 11.9. The maximum absolute atomic E-state index is 11.7. The van der Waals surface area contributed by atoms with Crippen LogP contribution in [0.5, 0.6) is 0 Å². The van der Waals surface area contributed by atoms with E-state index in [1.165, 1.54) is 0 Å². The lowest BCUT2D eigenvalue weighted by molar-refractivity contribution is 0.199. The van der Waals surface area contributed by atoms with Gasteiger partial charge in [0.2, 0.25) is 0 Å². The molecule has 106 valence electrons. The van der Waals surface area contributed by atoms with Crippen molar-refractivity contribution in [1.29, 1.82) is 0 Å². The molecule has 0 bridgehead atoms. The smallest absolute Gasteiger partial charge is 0.319 e. The average Bonchev–Trinajstić information content (AvgIpc) is 2.83. The van der Waals surface area contributed by atoms with Gasteiger partial charge in [-0.05, 0) is 43.7 Å². The zero-order valence-corrected chi connectivity index (χ0v) is 11.5. The number of hydrogen-bond donors (Lipinski definition) is 3. The molecule has 0 aliphatic heterocycles. The minimum atomic E-state index is -0.514. The summed E-state index contributed by atoms with van der Waals surface area (Å²) in [6.07, 6.45) is -0.514. The molecule has 1 heterocycles. The lowest BCUT2D eigenvalue weighted by Gasteiger charge is -2.08. The highest BCUT2D eigenvalue weighted by Gasteiger charge is 2.05. The first-order valence-corrected chi connectivity index (χ1v) is 6.43. The van der Waals surface area contributed by atoms with Crippen molar-refractivity contribution >= 4 is 11.7 Å². The Morgan fingerprint density at radius 2 is 1.95 bits per heavy atom. The minimum absolute atomic E-state index is 0.302. The molecule has 1 unspecified atom stereocenters. The van der Waals surface area contributed by atoms with Gasteiger partial charge in [0.25, 0.3) is 0 Å². The summed E-state index contributed by atoms with van der Waals surface area (Å²) in [5.74, 6) is 1.53. The number of anilines is 1. The fourth-order valence-corrected chi connectivity index (χ4v) is 1.77. The molecule has 0 saturated heterocycles. The van der Waals surface area contributed by atoms with Gasteiger partial charge in [0.15, 0.2) is 0 Å². The van der Waals surface area contributed by atoms with Crippen LogP contribution >= 0.6 is 0 Å². The molecule has 0 saturated carbocycles. The van der Waals surface area contributed by atoms with E-state index in [2.05, 4.69) is 10.6 Å². The number of amides is 2. The van der Waals surface area contributed by atoms with Gasteiger partial charge < -0.3 is 20.2 Å². The highest BCUT2D eigenvalue weighted by atomic mass is 16.3. The SMILES string of the molecule is Cc1ccc(CNC(=O)Nc2ccc(C(C)O)cc2)o1. The molecule has 1 aromatic heterocycles. The summed E-state index contributed by atoms with van der Waals surface area (Å²) in [7, 11) is 0. The highest BCUT2D eigenvalue weighted by Crippen LogP contribution is 2.15. The zero-order valence-electron chi connectivity index (χ0n) is 11.5. The Hall–Kier alpha value is -2.27. The number of aryl methyl sites for hydroxylation is 1. The first kappa shape index (κ1) is 14.1. The van der Waals surface area contributed by atoms with Crippen molar-refractivity contribution in [2.75, 3.05) is 5.32 Å². The first-order chi connectivity index (χ1) is 9.54. The Morgan fingerprint density at radius 3 is 2.50 bits per heavy atom. The van der Waals surface area contributed by atoms with E-state index < -0.39 is 6.10 Å². The van der Waals surface area contributed by atoms with Crippen LogP contribution in [0.3, 0.4) is 0 Å². The van der Waals surface area contributed by atoms with Gasteiger partial charge in [0, 0.05) is 5.69 Å². The molecule has 0 spiro atoms. The number of benzene rings is 1.